The molecule has 2 aromatic rings. The van der Waals surface area contributed by atoms with Gasteiger partial charge in [0.05, 0.1) is 11.1 Å². The number of alkyl halides is 3. The topological polar surface area (TPSA) is 55.4 Å². The molecule has 0 aromatic heterocycles. The monoisotopic (exact) mass is 365 g/mol. The zero-order valence-electron chi connectivity index (χ0n) is 14.0. The summed E-state index contributed by atoms with van der Waals surface area (Å²) in [6.45, 7) is 1.73. The maximum Gasteiger partial charge on any atom is 0.416 e. The van der Waals surface area contributed by atoms with E-state index in [1.54, 1.807) is 0 Å². The van der Waals surface area contributed by atoms with Gasteiger partial charge in [0.2, 0.25) is 0 Å². The molecular formula is C19H18F3NO3. The lowest BCUT2D eigenvalue weighted by Crippen LogP contribution is -2.31. The number of esters is 1. The highest BCUT2D eigenvalue weighted by molar-refractivity contribution is 5.91. The van der Waals surface area contributed by atoms with E-state index in [0.29, 0.717) is 12.6 Å². The number of hydrogen-bond acceptors (Lipinski definition) is 3. The number of nitrogens with one attached hydrogen (secondary N) is 1. The predicted molar refractivity (Wildman–Crippen MR) is 89.6 cm³/mol. The molecule has 4 nitrogen and oxygen atoms in total. The van der Waals surface area contributed by atoms with Crippen LogP contribution in [0, 0.1) is 0 Å². The lowest BCUT2D eigenvalue weighted by Gasteiger charge is -2.13. The molecule has 0 heterocycles. The average molecular weight is 365 g/mol. The third-order valence-electron chi connectivity index (χ3n) is 3.73. The number of rotatable bonds is 6. The molecule has 0 fully saturated rings. The maximum atomic E-state index is 12.6. The number of carbonyl (C=O) groups is 2. The zero-order chi connectivity index (χ0) is 19.2. The number of halogens is 3. The summed E-state index contributed by atoms with van der Waals surface area (Å²) >= 11 is 0. The fourth-order valence-corrected chi connectivity index (χ4v) is 2.25. The van der Waals surface area contributed by atoms with Crippen LogP contribution in [0.3, 0.4) is 0 Å². The molecule has 0 saturated carbocycles. The van der Waals surface area contributed by atoms with Crippen molar-refractivity contribution >= 4 is 11.9 Å². The Labute approximate surface area is 149 Å². The van der Waals surface area contributed by atoms with Gasteiger partial charge in [-0.2, -0.15) is 13.2 Å². The summed E-state index contributed by atoms with van der Waals surface area (Å²) in [7, 11) is 0. The van der Waals surface area contributed by atoms with Crippen LogP contribution in [0.25, 0.3) is 0 Å². The van der Waals surface area contributed by atoms with E-state index in [0.717, 1.165) is 17.7 Å². The van der Waals surface area contributed by atoms with E-state index in [1.165, 1.54) is 6.07 Å². The van der Waals surface area contributed by atoms with Gasteiger partial charge in [0.15, 0.2) is 6.61 Å². The van der Waals surface area contributed by atoms with Gasteiger partial charge in [0.25, 0.3) is 5.91 Å². The van der Waals surface area contributed by atoms with E-state index in [1.807, 2.05) is 37.3 Å². The molecule has 0 saturated heterocycles. The van der Waals surface area contributed by atoms with Crippen LogP contribution in [0.5, 0.6) is 0 Å². The Morgan fingerprint density at radius 2 is 1.77 bits per heavy atom. The van der Waals surface area contributed by atoms with Crippen LogP contribution in [0.15, 0.2) is 54.6 Å². The lowest BCUT2D eigenvalue weighted by atomic mass is 10.0. The van der Waals surface area contributed by atoms with Gasteiger partial charge in [0.1, 0.15) is 0 Å². The van der Waals surface area contributed by atoms with Crippen LogP contribution in [0.2, 0.25) is 0 Å². The lowest BCUT2D eigenvalue weighted by molar-refractivity contribution is -0.137. The van der Waals surface area contributed by atoms with Gasteiger partial charge in [-0.15, -0.1) is 0 Å². The average Bonchev–Trinajstić information content (AvgIpc) is 2.64. The van der Waals surface area contributed by atoms with Crippen molar-refractivity contribution in [3.05, 3.63) is 71.3 Å². The number of benzene rings is 2. The number of amides is 1. The highest BCUT2D eigenvalue weighted by Gasteiger charge is 2.31. The summed E-state index contributed by atoms with van der Waals surface area (Å²) in [5.41, 5.74) is -0.160. The van der Waals surface area contributed by atoms with E-state index >= 15 is 0 Å². The minimum absolute atomic E-state index is 0.0688. The van der Waals surface area contributed by atoms with Crippen molar-refractivity contribution in [2.75, 3.05) is 13.2 Å². The summed E-state index contributed by atoms with van der Waals surface area (Å²) < 4.78 is 42.7. The van der Waals surface area contributed by atoms with Gasteiger partial charge < -0.3 is 10.1 Å². The molecule has 1 atom stereocenters. The Balaban J connectivity index is 1.83. The summed E-state index contributed by atoms with van der Waals surface area (Å²) in [4.78, 5) is 23.6. The van der Waals surface area contributed by atoms with Crippen LogP contribution in [0.1, 0.15) is 34.3 Å². The van der Waals surface area contributed by atoms with Gasteiger partial charge in [-0.1, -0.05) is 43.3 Å². The molecule has 0 aliphatic carbocycles. The highest BCUT2D eigenvalue weighted by atomic mass is 19.4. The molecule has 1 N–H and O–H groups in total. The van der Waals surface area contributed by atoms with E-state index in [4.69, 9.17) is 4.74 Å². The molecule has 0 radical (unpaired) electrons. The predicted octanol–water partition coefficient (Wildman–Crippen LogP) is 3.78. The van der Waals surface area contributed by atoms with Crippen molar-refractivity contribution in [3.8, 4) is 0 Å². The molecule has 7 heteroatoms. The van der Waals surface area contributed by atoms with E-state index in [9.17, 15) is 22.8 Å². The maximum absolute atomic E-state index is 12.6. The smallest absolute Gasteiger partial charge is 0.416 e. The third-order valence-corrected chi connectivity index (χ3v) is 3.73. The normalized spacial score (nSPS) is 12.3. The van der Waals surface area contributed by atoms with Crippen LogP contribution in [0.4, 0.5) is 13.2 Å². The van der Waals surface area contributed by atoms with Gasteiger partial charge in [-0.05, 0) is 29.7 Å². The Bertz CT molecular complexity index is 760. The highest BCUT2D eigenvalue weighted by Crippen LogP contribution is 2.29. The summed E-state index contributed by atoms with van der Waals surface area (Å²) in [6, 6.07) is 13.4. The van der Waals surface area contributed by atoms with Crippen molar-refractivity contribution in [2.45, 2.75) is 19.0 Å². The quantitative estimate of drug-likeness (QED) is 0.793. The molecule has 0 spiro atoms. The Morgan fingerprint density at radius 3 is 2.42 bits per heavy atom. The molecule has 26 heavy (non-hydrogen) atoms. The number of hydrogen-bond donors (Lipinski definition) is 1. The molecule has 0 bridgehead atoms. The molecule has 2 rings (SSSR count). The van der Waals surface area contributed by atoms with Crippen molar-refractivity contribution < 1.29 is 27.5 Å². The fraction of sp³-hybridized carbons (Fsp3) is 0.263. The molecule has 2 aromatic carbocycles. The zero-order valence-corrected chi connectivity index (χ0v) is 14.0. The Hall–Kier alpha value is -2.83. The molecule has 0 unspecified atom stereocenters. The third kappa shape index (κ3) is 5.61. The second-order valence-electron chi connectivity index (χ2n) is 5.77. The van der Waals surface area contributed by atoms with Gasteiger partial charge >= 0.3 is 12.1 Å². The van der Waals surface area contributed by atoms with Gasteiger partial charge in [-0.25, -0.2) is 4.79 Å². The first-order valence-corrected chi connectivity index (χ1v) is 7.93. The van der Waals surface area contributed by atoms with Crippen molar-refractivity contribution in [1.82, 2.24) is 5.32 Å². The number of carbonyl (C=O) groups excluding carboxylic acids is 2. The van der Waals surface area contributed by atoms with Crippen molar-refractivity contribution in [2.24, 2.45) is 0 Å². The number of ether oxygens (including phenoxy) is 1. The summed E-state index contributed by atoms with van der Waals surface area (Å²) in [5, 5.41) is 2.63. The van der Waals surface area contributed by atoms with Crippen LogP contribution in [-0.2, 0) is 15.7 Å². The molecule has 138 valence electrons. The van der Waals surface area contributed by atoms with E-state index < -0.39 is 30.2 Å². The van der Waals surface area contributed by atoms with Crippen molar-refractivity contribution in [3.63, 3.8) is 0 Å². The van der Waals surface area contributed by atoms with Crippen LogP contribution < -0.4 is 5.32 Å². The van der Waals surface area contributed by atoms with E-state index in [2.05, 4.69) is 5.32 Å². The molecule has 1 amide bonds. The summed E-state index contributed by atoms with van der Waals surface area (Å²) in [5.74, 6) is -1.44. The fourth-order valence-electron chi connectivity index (χ4n) is 2.25. The van der Waals surface area contributed by atoms with E-state index in [-0.39, 0.29) is 11.5 Å². The van der Waals surface area contributed by atoms with Gasteiger partial charge in [-0.3, -0.25) is 4.79 Å². The Morgan fingerprint density at radius 1 is 1.08 bits per heavy atom. The molecule has 0 aliphatic heterocycles. The summed E-state index contributed by atoms with van der Waals surface area (Å²) in [6.07, 6.45) is -4.55. The largest absolute Gasteiger partial charge is 0.452 e. The standard InChI is InChI=1S/C19H18F3NO3/c1-13(14-6-3-2-4-7-14)11-23-17(24)12-26-18(25)15-8-5-9-16(10-15)19(20,21)22/h2-10,13H,11-12H2,1H3,(H,23,24)/t13-/m1/s1. The molecule has 0 aliphatic rings. The second-order valence-corrected chi connectivity index (χ2v) is 5.77. The SMILES string of the molecule is C[C@H](CNC(=O)COC(=O)c1cccc(C(F)(F)F)c1)c1ccccc1. The Kier molecular flexibility index (Phi) is 6.38. The van der Waals surface area contributed by atoms with Crippen molar-refractivity contribution in [1.29, 1.82) is 0 Å². The minimum Gasteiger partial charge on any atom is -0.452 e. The van der Waals surface area contributed by atoms with Gasteiger partial charge in [0, 0.05) is 6.54 Å². The first-order chi connectivity index (χ1) is 12.3. The second kappa shape index (κ2) is 8.51. The van der Waals surface area contributed by atoms with Crippen LogP contribution >= 0.6 is 0 Å². The van der Waals surface area contributed by atoms with Crippen LogP contribution in [-0.4, -0.2) is 25.0 Å². The first-order valence-electron chi connectivity index (χ1n) is 7.93. The minimum atomic E-state index is -4.55. The first kappa shape index (κ1) is 19.5. The molecular weight excluding hydrogens is 347 g/mol.